The van der Waals surface area contributed by atoms with Crippen molar-refractivity contribution < 1.29 is 4.79 Å². The Balaban J connectivity index is 2.79. The van der Waals surface area contributed by atoms with Crippen LogP contribution in [0.5, 0.6) is 0 Å². The second-order valence-electron chi connectivity index (χ2n) is 6.98. The lowest BCUT2D eigenvalue weighted by atomic mass is 9.70. The maximum atomic E-state index is 12.5. The fraction of sp³-hybridized carbons (Fsp3) is 0.667. The lowest BCUT2D eigenvalue weighted by molar-refractivity contribution is 0.0985. The first-order chi connectivity index (χ1) is 9.29. The molecule has 2 heteroatoms. The molecule has 0 spiro atoms. The van der Waals surface area contributed by atoms with E-state index in [-0.39, 0.29) is 11.2 Å². The molecule has 0 saturated heterocycles. The van der Waals surface area contributed by atoms with Gasteiger partial charge in [-0.05, 0) is 48.6 Å². The Kier molecular flexibility index (Phi) is 4.04. The number of carbonyl (C=O) groups is 1. The van der Waals surface area contributed by atoms with Gasteiger partial charge in [0.25, 0.3) is 0 Å². The zero-order valence-corrected chi connectivity index (χ0v) is 13.8. The smallest absolute Gasteiger partial charge is 0.164 e. The van der Waals surface area contributed by atoms with Crippen LogP contribution < -0.4 is 0 Å². The van der Waals surface area contributed by atoms with Crippen molar-refractivity contribution >= 4 is 5.78 Å². The van der Waals surface area contributed by atoms with E-state index in [1.807, 2.05) is 6.92 Å². The van der Waals surface area contributed by atoms with Gasteiger partial charge in [-0.3, -0.25) is 9.78 Å². The summed E-state index contributed by atoms with van der Waals surface area (Å²) in [6.07, 6.45) is 3.95. The molecule has 0 unspecified atom stereocenters. The quantitative estimate of drug-likeness (QED) is 0.746. The highest BCUT2D eigenvalue weighted by Crippen LogP contribution is 2.41. The lowest BCUT2D eigenvalue weighted by Gasteiger charge is -2.35. The van der Waals surface area contributed by atoms with E-state index >= 15 is 0 Å². The molecule has 2 nitrogen and oxygen atoms in total. The van der Waals surface area contributed by atoms with Gasteiger partial charge in [-0.25, -0.2) is 0 Å². The summed E-state index contributed by atoms with van der Waals surface area (Å²) in [5, 5.41) is 0. The van der Waals surface area contributed by atoms with E-state index in [4.69, 9.17) is 4.98 Å². The fourth-order valence-corrected chi connectivity index (χ4v) is 3.68. The molecule has 0 aliphatic heterocycles. The predicted octanol–water partition coefficient (Wildman–Crippen LogP) is 4.72. The van der Waals surface area contributed by atoms with Crippen molar-refractivity contribution in [3.63, 3.8) is 0 Å². The summed E-state index contributed by atoms with van der Waals surface area (Å²) in [4.78, 5) is 17.3. The van der Waals surface area contributed by atoms with Crippen molar-refractivity contribution in [3.05, 3.63) is 28.1 Å². The van der Waals surface area contributed by atoms with Crippen LogP contribution in [0.4, 0.5) is 0 Å². The first kappa shape index (κ1) is 15.2. The van der Waals surface area contributed by atoms with E-state index < -0.39 is 0 Å². The van der Waals surface area contributed by atoms with Gasteiger partial charge >= 0.3 is 0 Å². The second kappa shape index (κ2) is 5.31. The molecule has 1 aromatic rings. The van der Waals surface area contributed by atoms with Crippen molar-refractivity contribution in [1.82, 2.24) is 4.98 Å². The highest BCUT2D eigenvalue weighted by Gasteiger charge is 2.34. The first-order valence-corrected chi connectivity index (χ1v) is 7.86. The molecule has 1 aliphatic carbocycles. The van der Waals surface area contributed by atoms with E-state index in [0.717, 1.165) is 23.4 Å². The number of Topliss-reactive ketones (excluding diaryl/α,β-unsaturated/α-hetero) is 1. The molecule has 20 heavy (non-hydrogen) atoms. The van der Waals surface area contributed by atoms with E-state index in [1.165, 1.54) is 24.0 Å². The van der Waals surface area contributed by atoms with E-state index in [2.05, 4.69) is 34.6 Å². The number of aromatic nitrogens is 1. The molecule has 0 aromatic carbocycles. The highest BCUT2D eigenvalue weighted by molar-refractivity contribution is 5.99. The average Bonchev–Trinajstić information content (AvgIpc) is 2.36. The van der Waals surface area contributed by atoms with Gasteiger partial charge in [0.15, 0.2) is 5.78 Å². The Morgan fingerprint density at radius 3 is 2.55 bits per heavy atom. The third kappa shape index (κ3) is 2.41. The Morgan fingerprint density at radius 2 is 2.00 bits per heavy atom. The predicted molar refractivity (Wildman–Crippen MR) is 83.6 cm³/mol. The molecule has 0 N–H and O–H groups in total. The standard InChI is InChI=1S/C18H27NO/c1-7-14(20)15-13-9-8-10-18(5,6)16(13)12(4)19-17(15)11(2)3/h11H,7-10H2,1-6H3. The Morgan fingerprint density at radius 1 is 1.35 bits per heavy atom. The zero-order chi connectivity index (χ0) is 15.1. The molecule has 0 fully saturated rings. The van der Waals surface area contributed by atoms with Crippen LogP contribution in [-0.2, 0) is 11.8 Å². The van der Waals surface area contributed by atoms with Crippen molar-refractivity contribution in [2.75, 3.05) is 0 Å². The van der Waals surface area contributed by atoms with Crippen LogP contribution in [0.1, 0.15) is 92.7 Å². The van der Waals surface area contributed by atoms with Crippen molar-refractivity contribution in [2.24, 2.45) is 0 Å². The molecule has 2 rings (SSSR count). The first-order valence-electron chi connectivity index (χ1n) is 7.86. The number of hydrogen-bond acceptors (Lipinski definition) is 2. The molecule has 1 heterocycles. The molecular weight excluding hydrogens is 246 g/mol. The lowest BCUT2D eigenvalue weighted by Crippen LogP contribution is -2.29. The second-order valence-corrected chi connectivity index (χ2v) is 6.98. The van der Waals surface area contributed by atoms with Gasteiger partial charge in [-0.2, -0.15) is 0 Å². The number of hydrogen-bond donors (Lipinski definition) is 0. The molecule has 0 atom stereocenters. The summed E-state index contributed by atoms with van der Waals surface area (Å²) >= 11 is 0. The van der Waals surface area contributed by atoms with Crippen LogP contribution in [0.3, 0.4) is 0 Å². The minimum Gasteiger partial charge on any atom is -0.294 e. The van der Waals surface area contributed by atoms with E-state index in [1.54, 1.807) is 0 Å². The van der Waals surface area contributed by atoms with Crippen molar-refractivity contribution in [3.8, 4) is 0 Å². The van der Waals surface area contributed by atoms with Gasteiger partial charge in [0.05, 0.1) is 5.69 Å². The van der Waals surface area contributed by atoms with Gasteiger partial charge in [-0.1, -0.05) is 34.6 Å². The van der Waals surface area contributed by atoms with Crippen molar-refractivity contribution in [2.45, 2.75) is 78.6 Å². The van der Waals surface area contributed by atoms with Crippen LogP contribution >= 0.6 is 0 Å². The van der Waals surface area contributed by atoms with Gasteiger partial charge < -0.3 is 0 Å². The number of carbonyl (C=O) groups excluding carboxylic acids is 1. The maximum Gasteiger partial charge on any atom is 0.164 e. The number of fused-ring (bicyclic) bond motifs is 1. The van der Waals surface area contributed by atoms with E-state index in [9.17, 15) is 4.79 Å². The summed E-state index contributed by atoms with van der Waals surface area (Å²) in [6, 6.07) is 0. The SMILES string of the molecule is CCC(=O)c1c(C(C)C)nc(C)c2c1CCCC2(C)C. The highest BCUT2D eigenvalue weighted by atomic mass is 16.1. The third-order valence-corrected chi connectivity index (χ3v) is 4.56. The molecule has 0 bridgehead atoms. The Hall–Kier alpha value is -1.18. The summed E-state index contributed by atoms with van der Waals surface area (Å²) < 4.78 is 0. The maximum absolute atomic E-state index is 12.5. The summed E-state index contributed by atoms with van der Waals surface area (Å²) in [6.45, 7) is 12.9. The average molecular weight is 273 g/mol. The third-order valence-electron chi connectivity index (χ3n) is 4.56. The van der Waals surface area contributed by atoms with Gasteiger partial charge in [0, 0.05) is 17.7 Å². The van der Waals surface area contributed by atoms with E-state index in [0.29, 0.717) is 12.3 Å². The number of nitrogens with zero attached hydrogens (tertiary/aromatic N) is 1. The molecule has 1 aliphatic rings. The normalized spacial score (nSPS) is 17.1. The van der Waals surface area contributed by atoms with Gasteiger partial charge in [0.2, 0.25) is 0 Å². The van der Waals surface area contributed by atoms with Gasteiger partial charge in [0.1, 0.15) is 0 Å². The number of pyridine rings is 1. The number of rotatable bonds is 3. The topological polar surface area (TPSA) is 30.0 Å². The summed E-state index contributed by atoms with van der Waals surface area (Å²) in [5.41, 5.74) is 5.85. The summed E-state index contributed by atoms with van der Waals surface area (Å²) in [5.74, 6) is 0.560. The summed E-state index contributed by atoms with van der Waals surface area (Å²) in [7, 11) is 0. The molecule has 110 valence electrons. The molecule has 0 radical (unpaired) electrons. The number of aryl methyl sites for hydroxylation is 1. The minimum absolute atomic E-state index is 0.142. The Labute approximate surface area is 123 Å². The van der Waals surface area contributed by atoms with Gasteiger partial charge in [-0.15, -0.1) is 0 Å². The monoisotopic (exact) mass is 273 g/mol. The van der Waals surface area contributed by atoms with Crippen LogP contribution in [-0.4, -0.2) is 10.8 Å². The van der Waals surface area contributed by atoms with Crippen LogP contribution in [0.15, 0.2) is 0 Å². The van der Waals surface area contributed by atoms with Crippen molar-refractivity contribution in [1.29, 1.82) is 0 Å². The molecular formula is C18H27NO. The van der Waals surface area contributed by atoms with Crippen LogP contribution in [0.25, 0.3) is 0 Å². The molecule has 0 amide bonds. The molecule has 0 saturated carbocycles. The van der Waals surface area contributed by atoms with Crippen LogP contribution in [0.2, 0.25) is 0 Å². The molecule has 1 aromatic heterocycles. The number of ketones is 1. The van der Waals surface area contributed by atoms with Crippen LogP contribution in [0, 0.1) is 6.92 Å². The largest absolute Gasteiger partial charge is 0.294 e. The fourth-order valence-electron chi connectivity index (χ4n) is 3.68. The Bertz CT molecular complexity index is 541. The minimum atomic E-state index is 0.142. The zero-order valence-electron chi connectivity index (χ0n) is 13.8.